The van der Waals surface area contributed by atoms with Gasteiger partial charge in [-0.3, -0.25) is 0 Å². The van der Waals surface area contributed by atoms with Gasteiger partial charge in [-0.05, 0) is 42.6 Å². The fraction of sp³-hybridized carbons (Fsp3) is 0.368. The van der Waals surface area contributed by atoms with E-state index in [2.05, 4.69) is 68.4 Å². The smallest absolute Gasteiger partial charge is 0.119 e. The van der Waals surface area contributed by atoms with Crippen LogP contribution in [0.1, 0.15) is 37.8 Å². The van der Waals surface area contributed by atoms with E-state index < -0.39 is 0 Å². The number of ether oxygens (including phenoxy) is 1. The quantitative estimate of drug-likeness (QED) is 0.775. The average molecular weight is 283 g/mol. The first-order valence-electron chi connectivity index (χ1n) is 7.63. The largest absolute Gasteiger partial charge is 0.494 e. The molecule has 2 aromatic rings. The van der Waals surface area contributed by atoms with Crippen molar-refractivity contribution in [2.45, 2.75) is 32.1 Å². The van der Waals surface area contributed by atoms with E-state index in [1.165, 1.54) is 11.1 Å². The molecule has 0 fully saturated rings. The Kier molecular flexibility index (Phi) is 5.40. The summed E-state index contributed by atoms with van der Waals surface area (Å²) in [5.74, 6) is 0.930. The van der Waals surface area contributed by atoms with Crippen LogP contribution in [0.25, 0.3) is 0 Å². The number of hydrogen-bond donors (Lipinski definition) is 1. The van der Waals surface area contributed by atoms with Crippen molar-refractivity contribution in [2.75, 3.05) is 13.2 Å². The lowest BCUT2D eigenvalue weighted by Gasteiger charge is -2.26. The van der Waals surface area contributed by atoms with Crippen LogP contribution in [-0.2, 0) is 5.41 Å². The molecule has 2 aromatic carbocycles. The van der Waals surface area contributed by atoms with E-state index in [4.69, 9.17) is 10.5 Å². The summed E-state index contributed by atoms with van der Waals surface area (Å²) >= 11 is 0. The molecule has 0 aliphatic rings. The molecule has 0 spiro atoms. The first kappa shape index (κ1) is 15.6. The maximum Gasteiger partial charge on any atom is 0.119 e. The van der Waals surface area contributed by atoms with Gasteiger partial charge in [-0.1, -0.05) is 56.3 Å². The molecular weight excluding hydrogens is 258 g/mol. The third-order valence-corrected chi connectivity index (χ3v) is 3.94. The Labute approximate surface area is 127 Å². The summed E-state index contributed by atoms with van der Waals surface area (Å²) in [7, 11) is 0. The van der Waals surface area contributed by atoms with Crippen LogP contribution in [0.2, 0.25) is 0 Å². The van der Waals surface area contributed by atoms with E-state index in [1.807, 2.05) is 0 Å². The summed E-state index contributed by atoms with van der Waals surface area (Å²) in [5.41, 5.74) is 8.09. The van der Waals surface area contributed by atoms with Crippen molar-refractivity contribution >= 4 is 0 Å². The summed E-state index contributed by atoms with van der Waals surface area (Å²) in [6.45, 7) is 5.96. The van der Waals surface area contributed by atoms with Crippen LogP contribution in [0, 0.1) is 0 Å². The van der Waals surface area contributed by atoms with Crippen molar-refractivity contribution in [1.82, 2.24) is 0 Å². The molecule has 0 aromatic heterocycles. The van der Waals surface area contributed by atoms with Crippen molar-refractivity contribution < 1.29 is 4.74 Å². The van der Waals surface area contributed by atoms with E-state index in [-0.39, 0.29) is 5.41 Å². The second kappa shape index (κ2) is 7.28. The third kappa shape index (κ3) is 4.08. The molecule has 0 saturated heterocycles. The van der Waals surface area contributed by atoms with Crippen molar-refractivity contribution in [1.29, 1.82) is 0 Å². The zero-order valence-corrected chi connectivity index (χ0v) is 13.0. The first-order chi connectivity index (χ1) is 10.1. The molecule has 2 rings (SSSR count). The van der Waals surface area contributed by atoms with Gasteiger partial charge in [0.25, 0.3) is 0 Å². The number of benzene rings is 2. The number of rotatable bonds is 7. The molecule has 0 saturated carbocycles. The van der Waals surface area contributed by atoms with Gasteiger partial charge < -0.3 is 10.5 Å². The van der Waals surface area contributed by atoms with Crippen molar-refractivity contribution in [2.24, 2.45) is 5.73 Å². The lowest BCUT2D eigenvalue weighted by molar-refractivity contribution is 0.307. The third-order valence-electron chi connectivity index (χ3n) is 3.94. The Morgan fingerprint density at radius 3 is 2.10 bits per heavy atom. The normalized spacial score (nSPS) is 11.4. The minimum absolute atomic E-state index is 0.000655. The molecule has 2 nitrogen and oxygen atoms in total. The molecular formula is C19H25NO. The molecule has 0 atom stereocenters. The second-order valence-electron chi connectivity index (χ2n) is 5.86. The van der Waals surface area contributed by atoms with Crippen LogP contribution >= 0.6 is 0 Å². The molecule has 0 radical (unpaired) electrons. The average Bonchev–Trinajstić information content (AvgIpc) is 2.53. The fourth-order valence-electron chi connectivity index (χ4n) is 2.43. The van der Waals surface area contributed by atoms with Crippen molar-refractivity contribution in [3.63, 3.8) is 0 Å². The maximum absolute atomic E-state index is 5.73. The summed E-state index contributed by atoms with van der Waals surface area (Å²) in [6, 6.07) is 19.0. The van der Waals surface area contributed by atoms with Crippen LogP contribution in [0.3, 0.4) is 0 Å². The lowest BCUT2D eigenvalue weighted by atomic mass is 9.78. The molecule has 0 unspecified atom stereocenters. The van der Waals surface area contributed by atoms with Gasteiger partial charge in [-0.25, -0.2) is 0 Å². The number of unbranched alkanes of at least 4 members (excludes halogenated alkanes) is 1. The van der Waals surface area contributed by atoms with Gasteiger partial charge in [-0.2, -0.15) is 0 Å². The Hall–Kier alpha value is -1.80. The van der Waals surface area contributed by atoms with Crippen LogP contribution in [-0.4, -0.2) is 13.2 Å². The Balaban J connectivity index is 2.04. The van der Waals surface area contributed by atoms with Gasteiger partial charge in [-0.15, -0.1) is 0 Å². The van der Waals surface area contributed by atoms with Gasteiger partial charge in [0.05, 0.1) is 6.61 Å². The Morgan fingerprint density at radius 1 is 0.857 bits per heavy atom. The van der Waals surface area contributed by atoms with Crippen molar-refractivity contribution in [3.05, 3.63) is 65.7 Å². The van der Waals surface area contributed by atoms with E-state index in [9.17, 15) is 0 Å². The summed E-state index contributed by atoms with van der Waals surface area (Å²) in [4.78, 5) is 0. The zero-order chi connectivity index (χ0) is 15.1. The van der Waals surface area contributed by atoms with Crippen molar-refractivity contribution in [3.8, 4) is 5.75 Å². The molecule has 0 aliphatic carbocycles. The van der Waals surface area contributed by atoms with E-state index >= 15 is 0 Å². The molecule has 21 heavy (non-hydrogen) atoms. The molecule has 0 aliphatic heterocycles. The second-order valence-corrected chi connectivity index (χ2v) is 5.86. The minimum atomic E-state index is -0.000655. The highest BCUT2D eigenvalue weighted by molar-refractivity contribution is 5.39. The van der Waals surface area contributed by atoms with Gasteiger partial charge >= 0.3 is 0 Å². The van der Waals surface area contributed by atoms with Crippen LogP contribution in [0.15, 0.2) is 54.6 Å². The molecule has 0 amide bonds. The van der Waals surface area contributed by atoms with E-state index in [0.717, 1.165) is 31.7 Å². The highest BCUT2D eigenvalue weighted by atomic mass is 16.5. The highest BCUT2D eigenvalue weighted by Gasteiger charge is 2.22. The maximum atomic E-state index is 5.73. The fourth-order valence-corrected chi connectivity index (χ4v) is 2.43. The minimum Gasteiger partial charge on any atom is -0.494 e. The monoisotopic (exact) mass is 283 g/mol. The Bertz CT molecular complexity index is 531. The van der Waals surface area contributed by atoms with Crippen LogP contribution < -0.4 is 10.5 Å². The van der Waals surface area contributed by atoms with E-state index in [1.54, 1.807) is 0 Å². The summed E-state index contributed by atoms with van der Waals surface area (Å²) in [5, 5.41) is 0. The van der Waals surface area contributed by atoms with Gasteiger partial charge in [0.15, 0.2) is 0 Å². The molecule has 112 valence electrons. The Morgan fingerprint density at radius 2 is 1.48 bits per heavy atom. The van der Waals surface area contributed by atoms with Gasteiger partial charge in [0.2, 0.25) is 0 Å². The van der Waals surface area contributed by atoms with Gasteiger partial charge in [0.1, 0.15) is 5.75 Å². The first-order valence-corrected chi connectivity index (χ1v) is 7.63. The predicted molar refractivity (Wildman–Crippen MR) is 88.8 cm³/mol. The molecule has 2 heteroatoms. The molecule has 2 N–H and O–H groups in total. The molecule has 0 heterocycles. The summed E-state index contributed by atoms with van der Waals surface area (Å²) < 4.78 is 5.73. The lowest BCUT2D eigenvalue weighted by Crippen LogP contribution is -2.18. The predicted octanol–water partition coefficient (Wildman–Crippen LogP) is 4.13. The number of hydrogen-bond acceptors (Lipinski definition) is 2. The summed E-state index contributed by atoms with van der Waals surface area (Å²) in [6.07, 6.45) is 2.02. The SMILES string of the molecule is CC(C)(c1ccccc1)c1ccc(OCCCCN)cc1. The van der Waals surface area contributed by atoms with Crippen LogP contribution in [0.4, 0.5) is 0 Å². The zero-order valence-electron chi connectivity index (χ0n) is 13.0. The molecule has 0 bridgehead atoms. The highest BCUT2D eigenvalue weighted by Crippen LogP contribution is 2.32. The van der Waals surface area contributed by atoms with Crippen LogP contribution in [0.5, 0.6) is 5.75 Å². The topological polar surface area (TPSA) is 35.2 Å². The number of nitrogens with two attached hydrogens (primary N) is 1. The standard InChI is InChI=1S/C19H25NO/c1-19(2,16-8-4-3-5-9-16)17-10-12-18(13-11-17)21-15-7-6-14-20/h3-5,8-13H,6-7,14-15,20H2,1-2H3. The van der Waals surface area contributed by atoms with E-state index in [0.29, 0.717) is 0 Å². The van der Waals surface area contributed by atoms with Gasteiger partial charge in [0, 0.05) is 5.41 Å².